The van der Waals surface area contributed by atoms with Crippen LogP contribution >= 0.6 is 0 Å². The highest BCUT2D eigenvalue weighted by Gasteiger charge is 2.28. The average Bonchev–Trinajstić information content (AvgIpc) is 3.24. The number of nitrogens with one attached hydrogen (secondary N) is 1. The van der Waals surface area contributed by atoms with Gasteiger partial charge < -0.3 is 14.7 Å². The summed E-state index contributed by atoms with van der Waals surface area (Å²) in [4.78, 5) is 30.5. The zero-order chi connectivity index (χ0) is 21.1. The normalized spacial score (nSPS) is 14.5. The molecule has 1 saturated heterocycles. The first-order valence-corrected chi connectivity index (χ1v) is 10.1. The number of benzene rings is 2. The van der Waals surface area contributed by atoms with Crippen molar-refractivity contribution in [3.63, 3.8) is 0 Å². The molecule has 1 aliphatic heterocycles. The maximum Gasteiger partial charge on any atom is 0.253 e. The Morgan fingerprint density at radius 2 is 1.83 bits per heavy atom. The van der Waals surface area contributed by atoms with Gasteiger partial charge in [-0.2, -0.15) is 4.98 Å². The lowest BCUT2D eigenvalue weighted by atomic mass is 9.96. The van der Waals surface area contributed by atoms with Crippen LogP contribution in [0.3, 0.4) is 0 Å². The lowest BCUT2D eigenvalue weighted by molar-refractivity contribution is -0.114. The van der Waals surface area contributed by atoms with Crippen molar-refractivity contribution < 1.29 is 14.1 Å². The van der Waals surface area contributed by atoms with Crippen molar-refractivity contribution in [3.05, 3.63) is 65.5 Å². The van der Waals surface area contributed by atoms with E-state index in [9.17, 15) is 9.59 Å². The molecule has 0 saturated carbocycles. The molecule has 7 nitrogen and oxygen atoms in total. The predicted molar refractivity (Wildman–Crippen MR) is 113 cm³/mol. The van der Waals surface area contributed by atoms with Crippen molar-refractivity contribution >= 4 is 17.5 Å². The molecule has 0 spiro atoms. The first-order valence-electron chi connectivity index (χ1n) is 10.1. The van der Waals surface area contributed by atoms with Crippen LogP contribution < -0.4 is 5.32 Å². The van der Waals surface area contributed by atoms with Gasteiger partial charge in [0.05, 0.1) is 0 Å². The summed E-state index contributed by atoms with van der Waals surface area (Å²) >= 11 is 0. The second kappa shape index (κ2) is 8.49. The van der Waals surface area contributed by atoms with Crippen molar-refractivity contribution in [2.45, 2.75) is 32.6 Å². The molecule has 2 aromatic carbocycles. The SMILES string of the molecule is CC(=O)Nc1cccc(C(=O)N2CCC(c3nc(-c4ccc(C)cc4)no3)CC2)c1. The molecule has 4 rings (SSSR count). The van der Waals surface area contributed by atoms with E-state index in [1.54, 1.807) is 24.3 Å². The van der Waals surface area contributed by atoms with Gasteiger partial charge >= 0.3 is 0 Å². The van der Waals surface area contributed by atoms with Crippen LogP contribution in [0.25, 0.3) is 11.4 Å². The number of likely N-dealkylation sites (tertiary alicyclic amines) is 1. The minimum Gasteiger partial charge on any atom is -0.339 e. The average molecular weight is 404 g/mol. The maximum absolute atomic E-state index is 12.9. The fraction of sp³-hybridized carbons (Fsp3) is 0.304. The van der Waals surface area contributed by atoms with E-state index in [1.807, 2.05) is 36.1 Å². The Morgan fingerprint density at radius 3 is 2.53 bits per heavy atom. The Balaban J connectivity index is 1.39. The Labute approximate surface area is 175 Å². The highest BCUT2D eigenvalue weighted by Crippen LogP contribution is 2.29. The molecule has 2 heterocycles. The third-order valence-electron chi connectivity index (χ3n) is 5.31. The number of aryl methyl sites for hydroxylation is 1. The van der Waals surface area contributed by atoms with Crippen LogP contribution in [0, 0.1) is 6.92 Å². The zero-order valence-corrected chi connectivity index (χ0v) is 17.1. The minimum absolute atomic E-state index is 0.0356. The van der Waals surface area contributed by atoms with Gasteiger partial charge in [0.15, 0.2) is 0 Å². The molecule has 1 N–H and O–H groups in total. The molecule has 1 fully saturated rings. The number of hydrogen-bond donors (Lipinski definition) is 1. The number of nitrogens with zero attached hydrogens (tertiary/aromatic N) is 3. The van der Waals surface area contributed by atoms with Crippen LogP contribution in [-0.2, 0) is 4.79 Å². The van der Waals surface area contributed by atoms with Gasteiger partial charge in [0.1, 0.15) is 0 Å². The minimum atomic E-state index is -0.162. The smallest absolute Gasteiger partial charge is 0.253 e. The van der Waals surface area contributed by atoms with E-state index in [-0.39, 0.29) is 17.7 Å². The first-order chi connectivity index (χ1) is 14.5. The van der Waals surface area contributed by atoms with Gasteiger partial charge in [-0.25, -0.2) is 0 Å². The van der Waals surface area contributed by atoms with Crippen molar-refractivity contribution in [2.75, 3.05) is 18.4 Å². The van der Waals surface area contributed by atoms with E-state index in [1.165, 1.54) is 12.5 Å². The van der Waals surface area contributed by atoms with Crippen LogP contribution in [0.2, 0.25) is 0 Å². The van der Waals surface area contributed by atoms with E-state index in [2.05, 4.69) is 15.5 Å². The first kappa shape index (κ1) is 19.8. The highest BCUT2D eigenvalue weighted by molar-refractivity contribution is 5.96. The number of carbonyl (C=O) groups is 2. The summed E-state index contributed by atoms with van der Waals surface area (Å²) in [5.41, 5.74) is 3.31. The van der Waals surface area contributed by atoms with Crippen molar-refractivity contribution in [1.29, 1.82) is 0 Å². The Bertz CT molecular complexity index is 1050. The second-order valence-corrected chi connectivity index (χ2v) is 7.65. The summed E-state index contributed by atoms with van der Waals surface area (Å²) in [6.45, 7) is 4.73. The molecule has 2 amide bonds. The zero-order valence-electron chi connectivity index (χ0n) is 17.1. The molecule has 1 aromatic heterocycles. The number of hydrogen-bond acceptors (Lipinski definition) is 5. The molecule has 0 atom stereocenters. The maximum atomic E-state index is 12.9. The monoisotopic (exact) mass is 404 g/mol. The van der Waals surface area contributed by atoms with E-state index >= 15 is 0 Å². The van der Waals surface area contributed by atoms with Crippen LogP contribution in [0.15, 0.2) is 53.1 Å². The number of piperidine rings is 1. The van der Waals surface area contributed by atoms with Gasteiger partial charge in [0.2, 0.25) is 17.6 Å². The van der Waals surface area contributed by atoms with Crippen molar-refractivity contribution in [3.8, 4) is 11.4 Å². The van der Waals surface area contributed by atoms with Gasteiger partial charge in [-0.05, 0) is 38.0 Å². The van der Waals surface area contributed by atoms with Crippen molar-refractivity contribution in [1.82, 2.24) is 15.0 Å². The van der Waals surface area contributed by atoms with Crippen LogP contribution in [-0.4, -0.2) is 39.9 Å². The summed E-state index contributed by atoms with van der Waals surface area (Å²) in [6.07, 6.45) is 1.54. The summed E-state index contributed by atoms with van der Waals surface area (Å²) in [5, 5.41) is 6.84. The molecule has 1 aliphatic rings. The second-order valence-electron chi connectivity index (χ2n) is 7.65. The van der Waals surface area contributed by atoms with Gasteiger partial charge in [0.25, 0.3) is 5.91 Å². The largest absolute Gasteiger partial charge is 0.339 e. The van der Waals surface area contributed by atoms with Gasteiger partial charge in [-0.15, -0.1) is 0 Å². The van der Waals surface area contributed by atoms with Crippen LogP contribution in [0.4, 0.5) is 5.69 Å². The number of anilines is 1. The molecule has 7 heteroatoms. The quantitative estimate of drug-likeness (QED) is 0.709. The van der Waals surface area contributed by atoms with Crippen molar-refractivity contribution in [2.24, 2.45) is 0 Å². The van der Waals surface area contributed by atoms with E-state index in [0.717, 1.165) is 18.4 Å². The van der Waals surface area contributed by atoms with E-state index in [4.69, 9.17) is 4.52 Å². The summed E-state index contributed by atoms with van der Waals surface area (Å²) in [6, 6.07) is 15.0. The lowest BCUT2D eigenvalue weighted by Crippen LogP contribution is -2.38. The fourth-order valence-electron chi connectivity index (χ4n) is 3.67. The summed E-state index contributed by atoms with van der Waals surface area (Å²) < 4.78 is 5.52. The lowest BCUT2D eigenvalue weighted by Gasteiger charge is -2.30. The summed E-state index contributed by atoms with van der Waals surface area (Å²) in [7, 11) is 0. The third kappa shape index (κ3) is 4.40. The molecule has 154 valence electrons. The standard InChI is InChI=1S/C23H24N4O3/c1-15-6-8-17(9-7-15)21-25-22(30-26-21)18-10-12-27(13-11-18)23(29)19-4-3-5-20(14-19)24-16(2)28/h3-9,14,18H,10-13H2,1-2H3,(H,24,28). The Morgan fingerprint density at radius 1 is 1.10 bits per heavy atom. The highest BCUT2D eigenvalue weighted by atomic mass is 16.5. The molecule has 30 heavy (non-hydrogen) atoms. The van der Waals surface area contributed by atoms with Crippen LogP contribution in [0.5, 0.6) is 0 Å². The van der Waals surface area contributed by atoms with Gasteiger partial charge in [-0.1, -0.05) is 41.1 Å². The molecule has 0 bridgehead atoms. The number of rotatable bonds is 4. The third-order valence-corrected chi connectivity index (χ3v) is 5.31. The van der Waals surface area contributed by atoms with Gasteiger partial charge in [-0.3, -0.25) is 9.59 Å². The van der Waals surface area contributed by atoms with Gasteiger partial charge in [0, 0.05) is 42.7 Å². The van der Waals surface area contributed by atoms with Crippen LogP contribution in [0.1, 0.15) is 47.5 Å². The fourth-order valence-corrected chi connectivity index (χ4v) is 3.67. The molecule has 0 unspecified atom stereocenters. The number of aromatic nitrogens is 2. The molecule has 0 radical (unpaired) electrons. The number of amides is 2. The molecule has 0 aliphatic carbocycles. The Hall–Kier alpha value is -3.48. The predicted octanol–water partition coefficient (Wildman–Crippen LogP) is 4.02. The van der Waals surface area contributed by atoms with E-state index in [0.29, 0.717) is 36.1 Å². The topological polar surface area (TPSA) is 88.3 Å². The molecular formula is C23H24N4O3. The molecule has 3 aromatic rings. The molecular weight excluding hydrogens is 380 g/mol. The summed E-state index contributed by atoms with van der Waals surface area (Å²) in [5.74, 6) is 1.17. The Kier molecular flexibility index (Phi) is 5.61. The van der Waals surface area contributed by atoms with E-state index < -0.39 is 0 Å². The number of carbonyl (C=O) groups excluding carboxylic acids is 2.